The SMILES string of the molecule is COc1cc(Cl)sc1Br. The zero-order valence-electron chi connectivity index (χ0n) is 4.65. The maximum atomic E-state index is 5.65. The Bertz CT molecular complexity index is 211. The summed E-state index contributed by atoms with van der Waals surface area (Å²) in [4.78, 5) is 0. The van der Waals surface area contributed by atoms with Crippen molar-refractivity contribution in [3.63, 3.8) is 0 Å². The van der Waals surface area contributed by atoms with Crippen LogP contribution in [0.5, 0.6) is 5.75 Å². The fourth-order valence-electron chi connectivity index (χ4n) is 0.464. The number of halogens is 2. The summed E-state index contributed by atoms with van der Waals surface area (Å²) >= 11 is 10.4. The molecule has 0 aliphatic heterocycles. The van der Waals surface area contributed by atoms with Crippen LogP contribution in [0.2, 0.25) is 4.34 Å². The molecule has 50 valence electrons. The van der Waals surface area contributed by atoms with Crippen molar-refractivity contribution in [3.8, 4) is 5.75 Å². The summed E-state index contributed by atoms with van der Waals surface area (Å²) in [6, 6.07) is 1.77. The van der Waals surface area contributed by atoms with E-state index in [0.29, 0.717) is 0 Å². The molecule has 0 bridgehead atoms. The van der Waals surface area contributed by atoms with Crippen molar-refractivity contribution in [3.05, 3.63) is 14.2 Å². The van der Waals surface area contributed by atoms with E-state index in [-0.39, 0.29) is 0 Å². The minimum Gasteiger partial charge on any atom is -0.495 e. The Kier molecular flexibility index (Phi) is 2.38. The lowest BCUT2D eigenvalue weighted by Gasteiger charge is -1.91. The third kappa shape index (κ3) is 1.60. The van der Waals surface area contributed by atoms with E-state index in [1.54, 1.807) is 13.2 Å². The molecule has 0 saturated carbocycles. The van der Waals surface area contributed by atoms with Crippen molar-refractivity contribution in [1.82, 2.24) is 0 Å². The van der Waals surface area contributed by atoms with Gasteiger partial charge in [0.2, 0.25) is 0 Å². The molecule has 0 atom stereocenters. The van der Waals surface area contributed by atoms with Crippen molar-refractivity contribution in [1.29, 1.82) is 0 Å². The van der Waals surface area contributed by atoms with Gasteiger partial charge in [0.1, 0.15) is 9.54 Å². The molecule has 1 heterocycles. The van der Waals surface area contributed by atoms with Gasteiger partial charge in [0, 0.05) is 6.07 Å². The molecule has 9 heavy (non-hydrogen) atoms. The van der Waals surface area contributed by atoms with E-state index in [0.717, 1.165) is 13.9 Å². The lowest BCUT2D eigenvalue weighted by atomic mass is 10.6. The molecule has 0 N–H and O–H groups in total. The molecular weight excluding hydrogens is 223 g/mol. The predicted molar refractivity (Wildman–Crippen MR) is 43.6 cm³/mol. The van der Waals surface area contributed by atoms with Crippen LogP contribution in [0, 0.1) is 0 Å². The van der Waals surface area contributed by atoms with Crippen LogP contribution in [0.4, 0.5) is 0 Å². The van der Waals surface area contributed by atoms with Crippen LogP contribution < -0.4 is 4.74 Å². The first-order chi connectivity index (χ1) is 4.24. The van der Waals surface area contributed by atoms with E-state index in [1.807, 2.05) is 0 Å². The van der Waals surface area contributed by atoms with Crippen LogP contribution in [0.1, 0.15) is 0 Å². The summed E-state index contributed by atoms with van der Waals surface area (Å²) in [6.07, 6.45) is 0. The Morgan fingerprint density at radius 3 is 2.67 bits per heavy atom. The number of hydrogen-bond donors (Lipinski definition) is 0. The van der Waals surface area contributed by atoms with E-state index in [2.05, 4.69) is 15.9 Å². The van der Waals surface area contributed by atoms with Crippen molar-refractivity contribution < 1.29 is 4.74 Å². The molecule has 1 rings (SSSR count). The lowest BCUT2D eigenvalue weighted by molar-refractivity contribution is 0.414. The van der Waals surface area contributed by atoms with Crippen molar-refractivity contribution in [2.45, 2.75) is 0 Å². The van der Waals surface area contributed by atoms with Crippen molar-refractivity contribution >= 4 is 38.9 Å². The van der Waals surface area contributed by atoms with Gasteiger partial charge in [-0.2, -0.15) is 0 Å². The highest BCUT2D eigenvalue weighted by atomic mass is 79.9. The van der Waals surface area contributed by atoms with Gasteiger partial charge in [0.05, 0.1) is 11.4 Å². The fraction of sp³-hybridized carbons (Fsp3) is 0.200. The minimum absolute atomic E-state index is 0.735. The van der Waals surface area contributed by atoms with Gasteiger partial charge in [0.25, 0.3) is 0 Å². The van der Waals surface area contributed by atoms with Gasteiger partial charge in [-0.15, -0.1) is 11.3 Å². The van der Waals surface area contributed by atoms with E-state index in [9.17, 15) is 0 Å². The molecule has 0 saturated heterocycles. The monoisotopic (exact) mass is 226 g/mol. The largest absolute Gasteiger partial charge is 0.495 e. The van der Waals surface area contributed by atoms with E-state index in [4.69, 9.17) is 16.3 Å². The summed E-state index contributed by atoms with van der Waals surface area (Å²) in [7, 11) is 1.61. The topological polar surface area (TPSA) is 9.23 Å². The van der Waals surface area contributed by atoms with Crippen LogP contribution in [0.25, 0.3) is 0 Å². The molecule has 1 aromatic rings. The van der Waals surface area contributed by atoms with Gasteiger partial charge < -0.3 is 4.74 Å². The molecule has 0 aliphatic carbocycles. The highest BCUT2D eigenvalue weighted by molar-refractivity contribution is 9.11. The fourth-order valence-corrected chi connectivity index (χ4v) is 2.45. The van der Waals surface area contributed by atoms with Crippen molar-refractivity contribution in [2.24, 2.45) is 0 Å². The average Bonchev–Trinajstić information content (AvgIpc) is 2.10. The maximum absolute atomic E-state index is 5.65. The first-order valence-electron chi connectivity index (χ1n) is 2.23. The number of methoxy groups -OCH3 is 1. The molecule has 0 unspecified atom stereocenters. The summed E-state index contributed by atoms with van der Waals surface area (Å²) in [6.45, 7) is 0. The Balaban J connectivity index is 3.01. The second-order valence-corrected chi connectivity index (χ2v) is 4.39. The Labute approximate surface area is 70.7 Å². The molecule has 0 aromatic carbocycles. The number of rotatable bonds is 1. The van der Waals surface area contributed by atoms with Gasteiger partial charge in [-0.25, -0.2) is 0 Å². The third-order valence-electron chi connectivity index (χ3n) is 0.845. The zero-order chi connectivity index (χ0) is 6.85. The Morgan fingerprint density at radius 1 is 1.78 bits per heavy atom. The van der Waals surface area contributed by atoms with Gasteiger partial charge in [-0.05, 0) is 15.9 Å². The van der Waals surface area contributed by atoms with E-state index >= 15 is 0 Å². The molecular formula is C5H4BrClOS. The van der Waals surface area contributed by atoms with E-state index < -0.39 is 0 Å². The van der Waals surface area contributed by atoms with Crippen LogP contribution in [-0.2, 0) is 0 Å². The predicted octanol–water partition coefficient (Wildman–Crippen LogP) is 3.17. The molecule has 0 spiro atoms. The van der Waals surface area contributed by atoms with Gasteiger partial charge in [0.15, 0.2) is 0 Å². The average molecular weight is 228 g/mol. The second kappa shape index (κ2) is 2.90. The zero-order valence-corrected chi connectivity index (χ0v) is 7.81. The van der Waals surface area contributed by atoms with Gasteiger partial charge in [-0.1, -0.05) is 11.6 Å². The molecule has 0 radical (unpaired) electrons. The summed E-state index contributed by atoms with van der Waals surface area (Å²) < 4.78 is 6.62. The van der Waals surface area contributed by atoms with Gasteiger partial charge in [-0.3, -0.25) is 0 Å². The first kappa shape index (κ1) is 7.38. The van der Waals surface area contributed by atoms with Crippen LogP contribution in [0.15, 0.2) is 9.85 Å². The van der Waals surface area contributed by atoms with Crippen LogP contribution in [-0.4, -0.2) is 7.11 Å². The van der Waals surface area contributed by atoms with Crippen molar-refractivity contribution in [2.75, 3.05) is 7.11 Å². The Hall–Kier alpha value is 0.270. The molecule has 0 fully saturated rings. The maximum Gasteiger partial charge on any atom is 0.145 e. The number of ether oxygens (including phenoxy) is 1. The highest BCUT2D eigenvalue weighted by Gasteiger charge is 2.03. The van der Waals surface area contributed by atoms with Crippen LogP contribution >= 0.6 is 38.9 Å². The van der Waals surface area contributed by atoms with Crippen LogP contribution in [0.3, 0.4) is 0 Å². The Morgan fingerprint density at radius 2 is 2.44 bits per heavy atom. The van der Waals surface area contributed by atoms with E-state index in [1.165, 1.54) is 11.3 Å². The molecule has 0 amide bonds. The summed E-state index contributed by atoms with van der Waals surface area (Å²) in [5.74, 6) is 0.796. The minimum atomic E-state index is 0.735. The highest BCUT2D eigenvalue weighted by Crippen LogP contribution is 2.36. The molecule has 4 heteroatoms. The number of thiophene rings is 1. The third-order valence-corrected chi connectivity index (χ3v) is 2.76. The summed E-state index contributed by atoms with van der Waals surface area (Å²) in [5, 5.41) is 0. The standard InChI is InChI=1S/C5H4BrClOS/c1-8-3-2-4(7)9-5(3)6/h2H,1H3. The van der Waals surface area contributed by atoms with Gasteiger partial charge >= 0.3 is 0 Å². The number of hydrogen-bond acceptors (Lipinski definition) is 2. The second-order valence-electron chi connectivity index (χ2n) is 1.39. The molecule has 0 aliphatic rings. The normalized spacial score (nSPS) is 9.67. The smallest absolute Gasteiger partial charge is 0.145 e. The quantitative estimate of drug-likeness (QED) is 0.716. The summed E-state index contributed by atoms with van der Waals surface area (Å²) in [5.41, 5.74) is 0. The molecule has 1 nitrogen and oxygen atoms in total. The molecule has 1 aromatic heterocycles. The lowest BCUT2D eigenvalue weighted by Crippen LogP contribution is -1.76. The first-order valence-corrected chi connectivity index (χ1v) is 4.21.